The molecule has 9 nitrogen and oxygen atoms in total. The van der Waals surface area contributed by atoms with Crippen molar-refractivity contribution < 1.29 is 22.7 Å². The van der Waals surface area contributed by atoms with E-state index in [0.29, 0.717) is 29.3 Å². The van der Waals surface area contributed by atoms with Crippen molar-refractivity contribution in [2.24, 2.45) is 0 Å². The van der Waals surface area contributed by atoms with Gasteiger partial charge in [-0.2, -0.15) is 23.4 Å². The van der Waals surface area contributed by atoms with Gasteiger partial charge in [0.15, 0.2) is 5.69 Å². The van der Waals surface area contributed by atoms with Crippen LogP contribution in [0.1, 0.15) is 41.2 Å². The summed E-state index contributed by atoms with van der Waals surface area (Å²) < 4.78 is 44.9. The highest BCUT2D eigenvalue weighted by Gasteiger charge is 2.38. The van der Waals surface area contributed by atoms with Gasteiger partial charge in [0.1, 0.15) is 11.5 Å². The fourth-order valence-corrected chi connectivity index (χ4v) is 4.14. The number of halogens is 3. The van der Waals surface area contributed by atoms with Gasteiger partial charge in [0, 0.05) is 25.0 Å². The molecule has 3 aromatic rings. The van der Waals surface area contributed by atoms with E-state index in [9.17, 15) is 18.0 Å². The van der Waals surface area contributed by atoms with Crippen LogP contribution in [0.5, 0.6) is 0 Å². The van der Waals surface area contributed by atoms with Crippen LogP contribution in [0.4, 0.5) is 19.0 Å². The third-order valence-electron chi connectivity index (χ3n) is 5.84. The van der Waals surface area contributed by atoms with Crippen molar-refractivity contribution in [2.45, 2.75) is 52.1 Å². The van der Waals surface area contributed by atoms with Gasteiger partial charge in [-0.05, 0) is 51.5 Å². The molecule has 1 saturated heterocycles. The second-order valence-corrected chi connectivity index (χ2v) is 8.58. The molecule has 2 unspecified atom stereocenters. The maximum atomic E-state index is 13.8. The maximum absolute atomic E-state index is 13.8. The molecule has 3 aromatic heterocycles. The molecule has 1 fully saturated rings. The van der Waals surface area contributed by atoms with E-state index in [-0.39, 0.29) is 30.4 Å². The minimum Gasteiger partial charge on any atom is -0.372 e. The first-order valence-corrected chi connectivity index (χ1v) is 11.1. The number of nitrogens with zero attached hydrogens (tertiary/aromatic N) is 6. The number of alkyl halides is 3. The van der Waals surface area contributed by atoms with Gasteiger partial charge in [0.2, 0.25) is 0 Å². The number of morpholine rings is 1. The van der Waals surface area contributed by atoms with Crippen LogP contribution in [0.2, 0.25) is 0 Å². The third kappa shape index (κ3) is 5.26. The second kappa shape index (κ2) is 9.61. The van der Waals surface area contributed by atoms with Crippen molar-refractivity contribution in [1.29, 1.82) is 0 Å². The quantitative estimate of drug-likeness (QED) is 0.586. The molecule has 0 spiro atoms. The molecule has 1 aliphatic rings. The largest absolute Gasteiger partial charge is 0.417 e. The zero-order valence-electron chi connectivity index (χ0n) is 19.7. The van der Waals surface area contributed by atoms with E-state index in [0.717, 1.165) is 12.3 Å². The molecule has 0 bridgehead atoms. The molecule has 0 aromatic carbocycles. The Balaban J connectivity index is 1.61. The highest BCUT2D eigenvalue weighted by atomic mass is 19.4. The summed E-state index contributed by atoms with van der Waals surface area (Å²) in [7, 11) is 0. The van der Waals surface area contributed by atoms with Crippen LogP contribution < -0.4 is 5.32 Å². The average Bonchev–Trinajstić information content (AvgIpc) is 3.32. The summed E-state index contributed by atoms with van der Waals surface area (Å²) in [5.41, 5.74) is 0.854. The molecule has 4 heterocycles. The summed E-state index contributed by atoms with van der Waals surface area (Å²) in [5, 5.41) is 11.4. The molecule has 0 saturated carbocycles. The molecule has 4 rings (SSSR count). The number of carbonyl (C=O) groups excluding carboxylic acids is 1. The molecular formula is C23H26F3N7O2. The monoisotopic (exact) mass is 489 g/mol. The Morgan fingerprint density at radius 2 is 1.91 bits per heavy atom. The number of hydrogen-bond donors (Lipinski definition) is 1. The summed E-state index contributed by atoms with van der Waals surface area (Å²) in [6.07, 6.45) is -1.21. The Bertz CT molecular complexity index is 1200. The number of pyridine rings is 2. The lowest BCUT2D eigenvalue weighted by molar-refractivity contribution is -0.137. The van der Waals surface area contributed by atoms with Gasteiger partial charge < -0.3 is 15.0 Å². The highest BCUT2D eigenvalue weighted by molar-refractivity contribution is 5.96. The summed E-state index contributed by atoms with van der Waals surface area (Å²) in [6, 6.07) is 4.13. The lowest BCUT2D eigenvalue weighted by Crippen LogP contribution is -2.58. The summed E-state index contributed by atoms with van der Waals surface area (Å²) in [6.45, 7) is 7.61. The fraction of sp³-hybridized carbons (Fsp3) is 0.435. The van der Waals surface area contributed by atoms with E-state index in [1.807, 2.05) is 13.8 Å². The van der Waals surface area contributed by atoms with Crippen LogP contribution in [0, 0.1) is 13.8 Å². The molecule has 12 heteroatoms. The molecule has 1 N–H and O–H groups in total. The highest BCUT2D eigenvalue weighted by Crippen LogP contribution is 2.30. The predicted octanol–water partition coefficient (Wildman–Crippen LogP) is 3.42. The molecule has 35 heavy (non-hydrogen) atoms. The van der Waals surface area contributed by atoms with Gasteiger partial charge in [-0.3, -0.25) is 4.79 Å². The van der Waals surface area contributed by atoms with Crippen LogP contribution in [-0.4, -0.2) is 67.1 Å². The van der Waals surface area contributed by atoms with Crippen LogP contribution in [0.3, 0.4) is 0 Å². The zero-order chi connectivity index (χ0) is 25.3. The maximum Gasteiger partial charge on any atom is 0.417 e. The SMILES string of the molecule is Cc1ccc(-n2nccn2)c(C(=O)N2CC(C)O[C@@H](C)C2CNc2ncc(C(F)(F)F)cc2C)n1. The van der Waals surface area contributed by atoms with Crippen LogP contribution >= 0.6 is 0 Å². The van der Waals surface area contributed by atoms with Gasteiger partial charge in [-0.1, -0.05) is 0 Å². The number of carbonyl (C=O) groups is 1. The van der Waals surface area contributed by atoms with Crippen molar-refractivity contribution in [3.63, 3.8) is 0 Å². The first-order valence-electron chi connectivity index (χ1n) is 11.1. The van der Waals surface area contributed by atoms with Crippen molar-refractivity contribution in [3.05, 3.63) is 59.3 Å². The van der Waals surface area contributed by atoms with Crippen molar-refractivity contribution in [2.75, 3.05) is 18.4 Å². The summed E-state index contributed by atoms with van der Waals surface area (Å²) in [5.74, 6) is -0.00164. The number of amides is 1. The number of nitrogens with one attached hydrogen (secondary N) is 1. The van der Waals surface area contributed by atoms with Gasteiger partial charge in [-0.25, -0.2) is 9.97 Å². The average molecular weight is 490 g/mol. The first-order chi connectivity index (χ1) is 16.5. The molecule has 1 amide bonds. The Kier molecular flexibility index (Phi) is 6.75. The smallest absolute Gasteiger partial charge is 0.372 e. The summed E-state index contributed by atoms with van der Waals surface area (Å²) >= 11 is 0. The van der Waals surface area contributed by atoms with Crippen LogP contribution in [0.25, 0.3) is 5.69 Å². The first kappa shape index (κ1) is 24.6. The van der Waals surface area contributed by atoms with Crippen molar-refractivity contribution >= 4 is 11.7 Å². The third-order valence-corrected chi connectivity index (χ3v) is 5.84. The van der Waals surface area contributed by atoms with E-state index in [2.05, 4.69) is 25.5 Å². The van der Waals surface area contributed by atoms with Gasteiger partial charge >= 0.3 is 6.18 Å². The number of aryl methyl sites for hydroxylation is 2. The van der Waals surface area contributed by atoms with E-state index in [1.165, 1.54) is 17.2 Å². The van der Waals surface area contributed by atoms with Crippen LogP contribution in [0.15, 0.2) is 36.8 Å². The molecule has 1 aliphatic heterocycles. The number of rotatable bonds is 5. The van der Waals surface area contributed by atoms with E-state index >= 15 is 0 Å². The molecule has 186 valence electrons. The Labute approximate surface area is 200 Å². The molecule has 3 atom stereocenters. The lowest BCUT2D eigenvalue weighted by Gasteiger charge is -2.43. The number of ether oxygens (including phenoxy) is 1. The topological polar surface area (TPSA) is 98.1 Å². The standard InChI is InChI=1S/C23H26F3N7O2/c1-13-9-17(23(24,25)26)10-27-21(13)28-11-19-16(4)35-15(3)12-32(19)22(34)20-18(6-5-14(2)31-20)33-29-7-8-30-33/h5-10,15-16,19H,11-12H2,1-4H3,(H,27,28)/t15?,16-,19?/m0/s1. The molecule has 0 aliphatic carbocycles. The van der Waals surface area contributed by atoms with Gasteiger partial charge in [0.05, 0.1) is 36.2 Å². The normalized spacial score (nSPS) is 20.7. The molecule has 0 radical (unpaired) electrons. The van der Waals surface area contributed by atoms with Gasteiger partial charge in [-0.15, -0.1) is 4.80 Å². The van der Waals surface area contributed by atoms with Crippen molar-refractivity contribution in [3.8, 4) is 5.69 Å². The zero-order valence-corrected chi connectivity index (χ0v) is 19.7. The number of anilines is 1. The van der Waals surface area contributed by atoms with E-state index < -0.39 is 17.8 Å². The summed E-state index contributed by atoms with van der Waals surface area (Å²) in [4.78, 5) is 25.2. The fourth-order valence-electron chi connectivity index (χ4n) is 4.14. The Morgan fingerprint density at radius 1 is 1.20 bits per heavy atom. The van der Waals surface area contributed by atoms with Crippen molar-refractivity contribution in [1.82, 2.24) is 29.9 Å². The van der Waals surface area contributed by atoms with E-state index in [4.69, 9.17) is 4.74 Å². The molecular weight excluding hydrogens is 463 g/mol. The number of aromatic nitrogens is 5. The minimum atomic E-state index is -4.47. The lowest BCUT2D eigenvalue weighted by atomic mass is 10.0. The van der Waals surface area contributed by atoms with Crippen LogP contribution in [-0.2, 0) is 10.9 Å². The number of hydrogen-bond acceptors (Lipinski definition) is 7. The Morgan fingerprint density at radius 3 is 2.57 bits per heavy atom. The van der Waals surface area contributed by atoms with Gasteiger partial charge in [0.25, 0.3) is 5.91 Å². The minimum absolute atomic E-state index is 0.205. The predicted molar refractivity (Wildman–Crippen MR) is 121 cm³/mol. The van der Waals surface area contributed by atoms with E-state index in [1.54, 1.807) is 30.9 Å². The second-order valence-electron chi connectivity index (χ2n) is 8.58. The Hall–Kier alpha value is -3.54.